The van der Waals surface area contributed by atoms with Crippen molar-refractivity contribution < 1.29 is 31.8 Å². The van der Waals surface area contributed by atoms with Crippen molar-refractivity contribution in [3.05, 3.63) is 24.0 Å². The fourth-order valence-corrected chi connectivity index (χ4v) is 1.86. The molecule has 0 heterocycles. The quantitative estimate of drug-likeness (QED) is 0.755. The molecule has 8 heteroatoms. The van der Waals surface area contributed by atoms with Crippen LogP contribution in [0.3, 0.4) is 0 Å². The first kappa shape index (κ1) is 18.2. The number of nitrogens with zero attached hydrogens (tertiary/aromatic N) is 1. The second-order valence-corrected chi connectivity index (χ2v) is 4.78. The van der Waals surface area contributed by atoms with Crippen molar-refractivity contribution in [2.45, 2.75) is 26.1 Å². The van der Waals surface area contributed by atoms with Crippen molar-refractivity contribution in [2.24, 2.45) is 0 Å². The lowest BCUT2D eigenvalue weighted by atomic mass is 10.2. The second kappa shape index (κ2) is 7.44. The van der Waals surface area contributed by atoms with Crippen LogP contribution in [0.4, 0.5) is 23.2 Å². The Balaban J connectivity index is 2.85. The average molecular weight is 323 g/mol. The summed E-state index contributed by atoms with van der Waals surface area (Å²) in [6, 6.07) is 3.49. The molecule has 0 saturated heterocycles. The Hall–Kier alpha value is -1.83. The molecule has 0 aliphatic carbocycles. The molecule has 1 aromatic carbocycles. The van der Waals surface area contributed by atoms with Crippen molar-refractivity contribution >= 4 is 11.6 Å². The van der Waals surface area contributed by atoms with Crippen LogP contribution in [-0.4, -0.2) is 38.4 Å². The first-order chi connectivity index (χ1) is 10.2. The molecule has 0 atom stereocenters. The van der Waals surface area contributed by atoms with Gasteiger partial charge in [-0.2, -0.15) is 13.2 Å². The van der Waals surface area contributed by atoms with Gasteiger partial charge >= 0.3 is 6.18 Å². The van der Waals surface area contributed by atoms with Crippen LogP contribution >= 0.6 is 0 Å². The van der Waals surface area contributed by atoms with E-state index < -0.39 is 31.1 Å². The van der Waals surface area contributed by atoms with E-state index in [2.05, 4.69) is 4.74 Å². The van der Waals surface area contributed by atoms with Crippen LogP contribution in [0, 0.1) is 5.82 Å². The molecule has 22 heavy (non-hydrogen) atoms. The minimum atomic E-state index is -4.50. The molecule has 0 spiro atoms. The number of amides is 1. The van der Waals surface area contributed by atoms with E-state index in [9.17, 15) is 22.4 Å². The van der Waals surface area contributed by atoms with Crippen LogP contribution in [-0.2, 0) is 9.53 Å². The number of halogens is 4. The number of ether oxygens (including phenoxy) is 2. The smallest absolute Gasteiger partial charge is 0.411 e. The van der Waals surface area contributed by atoms with Gasteiger partial charge < -0.3 is 14.4 Å². The van der Waals surface area contributed by atoms with Gasteiger partial charge in [0.05, 0.1) is 7.11 Å². The molecule has 0 radical (unpaired) electrons. The van der Waals surface area contributed by atoms with Crippen LogP contribution < -0.4 is 9.64 Å². The van der Waals surface area contributed by atoms with E-state index in [1.165, 1.54) is 24.1 Å². The summed E-state index contributed by atoms with van der Waals surface area (Å²) < 4.78 is 58.9. The Bertz CT molecular complexity index is 517. The van der Waals surface area contributed by atoms with Gasteiger partial charge in [0.2, 0.25) is 0 Å². The number of rotatable bonds is 6. The molecule has 0 saturated carbocycles. The summed E-state index contributed by atoms with van der Waals surface area (Å²) in [5.74, 6) is -1.35. The highest BCUT2D eigenvalue weighted by Crippen LogP contribution is 2.25. The number of alkyl halides is 3. The molecular formula is C14H17F4NO3. The summed E-state index contributed by atoms with van der Waals surface area (Å²) in [6.45, 7) is 1.06. The van der Waals surface area contributed by atoms with Crippen molar-refractivity contribution in [3.63, 3.8) is 0 Å². The molecule has 0 aromatic heterocycles. The van der Waals surface area contributed by atoms with Gasteiger partial charge in [-0.05, 0) is 26.0 Å². The third-order valence-corrected chi connectivity index (χ3v) is 2.69. The molecule has 0 bridgehead atoms. The second-order valence-electron chi connectivity index (χ2n) is 4.78. The first-order valence-corrected chi connectivity index (χ1v) is 6.46. The fraction of sp³-hybridized carbons (Fsp3) is 0.500. The predicted molar refractivity (Wildman–Crippen MR) is 72.4 cm³/mol. The van der Waals surface area contributed by atoms with Crippen LogP contribution in [0.2, 0.25) is 0 Å². The van der Waals surface area contributed by atoms with Crippen LogP contribution in [0.5, 0.6) is 5.75 Å². The maximum absolute atomic E-state index is 13.7. The van der Waals surface area contributed by atoms with Crippen LogP contribution in [0.15, 0.2) is 18.2 Å². The highest BCUT2D eigenvalue weighted by Gasteiger charge is 2.29. The Kier molecular flexibility index (Phi) is 6.16. The lowest BCUT2D eigenvalue weighted by Crippen LogP contribution is -2.40. The van der Waals surface area contributed by atoms with E-state index in [-0.39, 0.29) is 17.5 Å². The zero-order chi connectivity index (χ0) is 16.9. The minimum absolute atomic E-state index is 0.00762. The maximum atomic E-state index is 13.7. The molecule has 0 fully saturated rings. The monoisotopic (exact) mass is 323 g/mol. The lowest BCUT2D eigenvalue weighted by molar-refractivity contribution is -0.175. The summed E-state index contributed by atoms with van der Waals surface area (Å²) in [4.78, 5) is 13.2. The number of hydrogen-bond acceptors (Lipinski definition) is 3. The molecular weight excluding hydrogens is 306 g/mol. The maximum Gasteiger partial charge on any atom is 0.411 e. The van der Waals surface area contributed by atoms with Gasteiger partial charge in [0.25, 0.3) is 5.91 Å². The molecule has 1 rings (SSSR count). The Morgan fingerprint density at radius 1 is 1.32 bits per heavy atom. The summed E-state index contributed by atoms with van der Waals surface area (Å²) in [6.07, 6.45) is -4.50. The van der Waals surface area contributed by atoms with Gasteiger partial charge in [0, 0.05) is 17.8 Å². The molecule has 1 aromatic rings. The predicted octanol–water partition coefficient (Wildman–Crippen LogP) is 3.15. The Labute approximate surface area is 125 Å². The summed E-state index contributed by atoms with van der Waals surface area (Å²) in [7, 11) is 1.30. The first-order valence-electron chi connectivity index (χ1n) is 6.46. The van der Waals surface area contributed by atoms with Gasteiger partial charge in [0.1, 0.15) is 13.2 Å². The van der Waals surface area contributed by atoms with E-state index in [1.807, 2.05) is 0 Å². The van der Waals surface area contributed by atoms with Crippen LogP contribution in [0.1, 0.15) is 13.8 Å². The molecule has 0 aliphatic heterocycles. The van der Waals surface area contributed by atoms with Gasteiger partial charge in [-0.15, -0.1) is 0 Å². The highest BCUT2D eigenvalue weighted by molar-refractivity contribution is 5.94. The Morgan fingerprint density at radius 3 is 2.41 bits per heavy atom. The van der Waals surface area contributed by atoms with E-state index in [4.69, 9.17) is 4.74 Å². The van der Waals surface area contributed by atoms with Crippen molar-refractivity contribution in [2.75, 3.05) is 25.2 Å². The lowest BCUT2D eigenvalue weighted by Gasteiger charge is -2.27. The zero-order valence-electron chi connectivity index (χ0n) is 12.4. The van der Waals surface area contributed by atoms with Crippen molar-refractivity contribution in [1.29, 1.82) is 0 Å². The van der Waals surface area contributed by atoms with E-state index in [1.54, 1.807) is 13.8 Å². The normalized spacial score (nSPS) is 11.6. The molecule has 4 nitrogen and oxygen atoms in total. The van der Waals surface area contributed by atoms with Gasteiger partial charge in [-0.1, -0.05) is 0 Å². The summed E-state index contributed by atoms with van der Waals surface area (Å²) in [5.41, 5.74) is 0.217. The number of hydrogen-bond donors (Lipinski definition) is 0. The topological polar surface area (TPSA) is 38.8 Å². The SMILES string of the molecule is COc1ccc(N(C(=O)COCC(F)(F)F)C(C)C)cc1F. The summed E-state index contributed by atoms with van der Waals surface area (Å²) in [5, 5.41) is 0. The van der Waals surface area contributed by atoms with E-state index in [0.29, 0.717) is 0 Å². The average Bonchev–Trinajstić information content (AvgIpc) is 2.37. The fourth-order valence-electron chi connectivity index (χ4n) is 1.86. The molecule has 0 unspecified atom stereocenters. The van der Waals surface area contributed by atoms with Gasteiger partial charge in [-0.3, -0.25) is 4.79 Å². The third-order valence-electron chi connectivity index (χ3n) is 2.69. The Morgan fingerprint density at radius 2 is 1.95 bits per heavy atom. The zero-order valence-corrected chi connectivity index (χ0v) is 12.4. The van der Waals surface area contributed by atoms with Gasteiger partial charge in [0.15, 0.2) is 11.6 Å². The highest BCUT2D eigenvalue weighted by atomic mass is 19.4. The third kappa shape index (κ3) is 5.18. The number of benzene rings is 1. The van der Waals surface area contributed by atoms with Gasteiger partial charge in [-0.25, -0.2) is 4.39 Å². The number of methoxy groups -OCH3 is 1. The van der Waals surface area contributed by atoms with E-state index >= 15 is 0 Å². The van der Waals surface area contributed by atoms with Crippen molar-refractivity contribution in [3.8, 4) is 5.75 Å². The molecule has 124 valence electrons. The summed E-state index contributed by atoms with van der Waals surface area (Å²) >= 11 is 0. The molecule has 1 amide bonds. The largest absolute Gasteiger partial charge is 0.494 e. The number of anilines is 1. The van der Waals surface area contributed by atoms with Crippen LogP contribution in [0.25, 0.3) is 0 Å². The standard InChI is InChI=1S/C14H17F4NO3/c1-9(2)19(13(20)7-22-8-14(16,17)18)10-4-5-12(21-3)11(15)6-10/h4-6,9H,7-8H2,1-3H3. The minimum Gasteiger partial charge on any atom is -0.494 e. The number of carbonyl (C=O) groups excluding carboxylic acids is 1. The number of carbonyl (C=O) groups is 1. The van der Waals surface area contributed by atoms with Crippen molar-refractivity contribution in [1.82, 2.24) is 0 Å². The van der Waals surface area contributed by atoms with E-state index in [0.717, 1.165) is 6.07 Å². The molecule has 0 aliphatic rings. The molecule has 0 N–H and O–H groups in total.